The first-order valence-corrected chi connectivity index (χ1v) is 13.5. The number of esters is 2. The van der Waals surface area contributed by atoms with E-state index in [0.717, 1.165) is 34.4 Å². The molecule has 0 unspecified atom stereocenters. The van der Waals surface area contributed by atoms with Crippen molar-refractivity contribution in [1.29, 1.82) is 0 Å². The first-order valence-electron chi connectivity index (χ1n) is 10.5. The second kappa shape index (κ2) is 12.8. The van der Waals surface area contributed by atoms with Gasteiger partial charge >= 0.3 is 11.9 Å². The lowest BCUT2D eigenvalue weighted by molar-refractivity contribution is -0.113. The van der Waals surface area contributed by atoms with Gasteiger partial charge in [0.2, 0.25) is 11.0 Å². The Kier molecular flexibility index (Phi) is 9.81. The molecule has 0 spiro atoms. The van der Waals surface area contributed by atoms with E-state index in [9.17, 15) is 19.2 Å². The van der Waals surface area contributed by atoms with E-state index >= 15 is 0 Å². The van der Waals surface area contributed by atoms with Crippen LogP contribution in [0.1, 0.15) is 49.8 Å². The molecule has 36 heavy (non-hydrogen) atoms. The molecule has 2 N–H and O–H groups in total. The molecule has 0 bridgehead atoms. The van der Waals surface area contributed by atoms with E-state index in [-0.39, 0.29) is 39.5 Å². The number of aromatic nitrogens is 2. The molecule has 2 heterocycles. The topological polar surface area (TPSA) is 137 Å². The maximum Gasteiger partial charge on any atom is 0.348 e. The summed E-state index contributed by atoms with van der Waals surface area (Å²) in [7, 11) is 0. The number of hydrogen-bond acceptors (Lipinski definition) is 11. The van der Waals surface area contributed by atoms with Crippen molar-refractivity contribution in [2.75, 3.05) is 29.6 Å². The Bertz CT molecular complexity index is 1290. The van der Waals surface area contributed by atoms with Crippen LogP contribution in [0.5, 0.6) is 0 Å². The maximum absolute atomic E-state index is 12.6. The Morgan fingerprint density at radius 1 is 1.00 bits per heavy atom. The number of halogens is 1. The van der Waals surface area contributed by atoms with Gasteiger partial charge in [0, 0.05) is 0 Å². The van der Waals surface area contributed by atoms with Crippen molar-refractivity contribution < 1.29 is 28.7 Å². The third kappa shape index (κ3) is 6.81. The number of amides is 2. The molecule has 14 heteroatoms. The second-order valence-electron chi connectivity index (χ2n) is 6.85. The van der Waals surface area contributed by atoms with Crippen LogP contribution in [0.2, 0.25) is 5.02 Å². The average Bonchev–Trinajstić information content (AvgIpc) is 3.42. The SMILES string of the molecule is CCOC(=O)c1sc(NC(=O)CSc2nnc(NC(=O)c3ccccc3Cl)s2)c(C(=O)OCC)c1C. The molecule has 0 aliphatic rings. The van der Waals surface area contributed by atoms with Crippen LogP contribution in [-0.4, -0.2) is 52.9 Å². The minimum absolute atomic E-state index is 0.0545. The summed E-state index contributed by atoms with van der Waals surface area (Å²) >= 11 is 9.18. The zero-order chi connectivity index (χ0) is 26.2. The van der Waals surface area contributed by atoms with Crippen LogP contribution >= 0.6 is 46.0 Å². The monoisotopic (exact) mass is 568 g/mol. The minimum Gasteiger partial charge on any atom is -0.462 e. The average molecular weight is 569 g/mol. The maximum atomic E-state index is 12.6. The molecule has 0 aliphatic heterocycles. The highest BCUT2D eigenvalue weighted by molar-refractivity contribution is 8.01. The molecule has 0 radical (unpaired) electrons. The predicted octanol–water partition coefficient (Wildman–Crippen LogP) is 4.90. The Morgan fingerprint density at radius 3 is 2.39 bits per heavy atom. The van der Waals surface area contributed by atoms with Gasteiger partial charge in [-0.05, 0) is 38.5 Å². The van der Waals surface area contributed by atoms with Crippen molar-refractivity contribution >= 4 is 79.9 Å². The highest BCUT2D eigenvalue weighted by Crippen LogP contribution is 2.35. The number of thiophene rings is 1. The molecule has 0 saturated carbocycles. The molecule has 2 amide bonds. The van der Waals surface area contributed by atoms with Crippen LogP contribution in [0.3, 0.4) is 0 Å². The summed E-state index contributed by atoms with van der Waals surface area (Å²) in [5, 5.41) is 13.9. The number of thioether (sulfide) groups is 1. The summed E-state index contributed by atoms with van der Waals surface area (Å²) in [6.45, 7) is 5.24. The molecule has 3 rings (SSSR count). The number of nitrogens with one attached hydrogen (secondary N) is 2. The molecule has 0 saturated heterocycles. The number of hydrogen-bond donors (Lipinski definition) is 2. The largest absolute Gasteiger partial charge is 0.462 e. The van der Waals surface area contributed by atoms with Gasteiger partial charge in [0.25, 0.3) is 5.91 Å². The third-order valence-corrected chi connectivity index (χ3v) is 7.90. The third-order valence-electron chi connectivity index (χ3n) is 4.41. The second-order valence-corrected chi connectivity index (χ2v) is 10.5. The number of nitrogens with zero attached hydrogens (tertiary/aromatic N) is 2. The van der Waals surface area contributed by atoms with E-state index in [1.165, 1.54) is 0 Å². The van der Waals surface area contributed by atoms with Gasteiger partial charge in [0.05, 0.1) is 35.1 Å². The van der Waals surface area contributed by atoms with Gasteiger partial charge in [-0.2, -0.15) is 0 Å². The number of carbonyl (C=O) groups is 4. The van der Waals surface area contributed by atoms with Gasteiger partial charge in [-0.15, -0.1) is 21.5 Å². The van der Waals surface area contributed by atoms with Gasteiger partial charge in [0.15, 0.2) is 4.34 Å². The lowest BCUT2D eigenvalue weighted by Gasteiger charge is -2.06. The summed E-state index contributed by atoms with van der Waals surface area (Å²) in [5.41, 5.74) is 0.792. The standard InChI is InChI=1S/C22H21ClN4O6S3/c1-4-32-19(30)15-11(3)16(20(31)33-5-2)35-18(15)24-14(28)10-34-22-27-26-21(36-22)25-17(29)12-8-6-7-9-13(12)23/h6-9H,4-5,10H2,1-3H3,(H,24,28)(H,25,26,29). The zero-order valence-electron chi connectivity index (χ0n) is 19.4. The van der Waals surface area contributed by atoms with Crippen LogP contribution in [0.4, 0.5) is 10.1 Å². The fourth-order valence-electron chi connectivity index (χ4n) is 2.86. The molecule has 0 atom stereocenters. The van der Waals surface area contributed by atoms with Gasteiger partial charge < -0.3 is 14.8 Å². The molecule has 0 aliphatic carbocycles. The van der Waals surface area contributed by atoms with E-state index in [1.807, 2.05) is 0 Å². The smallest absolute Gasteiger partial charge is 0.348 e. The molecule has 1 aromatic carbocycles. The van der Waals surface area contributed by atoms with Gasteiger partial charge in [-0.25, -0.2) is 9.59 Å². The van der Waals surface area contributed by atoms with E-state index in [4.69, 9.17) is 21.1 Å². The van der Waals surface area contributed by atoms with Crippen LogP contribution < -0.4 is 10.6 Å². The van der Waals surface area contributed by atoms with Crippen molar-refractivity contribution in [1.82, 2.24) is 10.2 Å². The molecule has 190 valence electrons. The number of carbonyl (C=O) groups excluding carboxylic acids is 4. The van der Waals surface area contributed by atoms with Crippen molar-refractivity contribution in [2.24, 2.45) is 0 Å². The molecular formula is C22H21ClN4O6S3. The predicted molar refractivity (Wildman–Crippen MR) is 140 cm³/mol. The van der Waals surface area contributed by atoms with Crippen molar-refractivity contribution in [3.8, 4) is 0 Å². The fourth-order valence-corrected chi connectivity index (χ4v) is 5.73. The number of ether oxygens (including phenoxy) is 2. The normalized spacial score (nSPS) is 10.6. The Labute approximate surface area is 223 Å². The van der Waals surface area contributed by atoms with Crippen LogP contribution in [0.15, 0.2) is 28.6 Å². The summed E-state index contributed by atoms with van der Waals surface area (Å²) in [6, 6.07) is 6.60. The highest BCUT2D eigenvalue weighted by atomic mass is 35.5. The summed E-state index contributed by atoms with van der Waals surface area (Å²) < 4.78 is 10.6. The molecule has 3 aromatic rings. The summed E-state index contributed by atoms with van der Waals surface area (Å²) in [4.78, 5) is 49.9. The molecule has 10 nitrogen and oxygen atoms in total. The van der Waals surface area contributed by atoms with Gasteiger partial charge in [-0.3, -0.25) is 14.9 Å². The summed E-state index contributed by atoms with van der Waals surface area (Å²) in [6.07, 6.45) is 0. The van der Waals surface area contributed by atoms with Crippen molar-refractivity contribution in [2.45, 2.75) is 25.1 Å². The van der Waals surface area contributed by atoms with E-state index < -0.39 is 23.8 Å². The van der Waals surface area contributed by atoms with Crippen LogP contribution in [0, 0.1) is 6.92 Å². The van der Waals surface area contributed by atoms with Crippen molar-refractivity contribution in [3.63, 3.8) is 0 Å². The quantitative estimate of drug-likeness (QED) is 0.199. The van der Waals surface area contributed by atoms with E-state index in [0.29, 0.717) is 20.5 Å². The number of benzene rings is 1. The van der Waals surface area contributed by atoms with Crippen molar-refractivity contribution in [3.05, 3.63) is 50.9 Å². The lowest BCUT2D eigenvalue weighted by Crippen LogP contribution is -2.16. The minimum atomic E-state index is -0.646. The Morgan fingerprint density at radius 2 is 1.69 bits per heavy atom. The molecule has 0 fully saturated rings. The number of anilines is 2. The van der Waals surface area contributed by atoms with E-state index in [2.05, 4.69) is 20.8 Å². The van der Waals surface area contributed by atoms with Gasteiger partial charge in [0.1, 0.15) is 9.88 Å². The zero-order valence-corrected chi connectivity index (χ0v) is 22.6. The Hall–Kier alpha value is -3.00. The van der Waals surface area contributed by atoms with Gasteiger partial charge in [-0.1, -0.05) is 46.8 Å². The van der Waals surface area contributed by atoms with Crippen LogP contribution in [0.25, 0.3) is 0 Å². The first kappa shape index (κ1) is 27.6. The molecule has 2 aromatic heterocycles. The number of rotatable bonds is 10. The van der Waals surface area contributed by atoms with Crippen LogP contribution in [-0.2, 0) is 14.3 Å². The fraction of sp³-hybridized carbons (Fsp3) is 0.273. The summed E-state index contributed by atoms with van der Waals surface area (Å²) in [5.74, 6) is -2.14. The van der Waals surface area contributed by atoms with E-state index in [1.54, 1.807) is 45.0 Å². The first-order chi connectivity index (χ1) is 17.2. The molecular weight excluding hydrogens is 548 g/mol. The highest BCUT2D eigenvalue weighted by Gasteiger charge is 2.27. The lowest BCUT2D eigenvalue weighted by atomic mass is 10.1. The Balaban J connectivity index is 1.65.